The summed E-state index contributed by atoms with van der Waals surface area (Å²) in [5.41, 5.74) is 0.106. The van der Waals surface area contributed by atoms with Gasteiger partial charge in [-0.1, -0.05) is 0 Å². The Morgan fingerprint density at radius 1 is 1.60 bits per heavy atom. The van der Waals surface area contributed by atoms with E-state index in [0.717, 1.165) is 26.1 Å². The fourth-order valence-corrected chi connectivity index (χ4v) is 2.22. The summed E-state index contributed by atoms with van der Waals surface area (Å²) in [7, 11) is 0. The molecular weight excluding hydrogens is 216 g/mol. The molecule has 1 aliphatic heterocycles. The summed E-state index contributed by atoms with van der Waals surface area (Å²) in [6, 6.07) is 0.353. The van der Waals surface area contributed by atoms with Gasteiger partial charge in [-0.15, -0.1) is 11.3 Å². The smallest absolute Gasteiger partial charge is 0.355 e. The summed E-state index contributed by atoms with van der Waals surface area (Å²) in [5, 5.41) is 14.1. The summed E-state index contributed by atoms with van der Waals surface area (Å²) >= 11 is 1.33. The van der Waals surface area contributed by atoms with Crippen molar-refractivity contribution >= 4 is 22.4 Å². The van der Waals surface area contributed by atoms with Gasteiger partial charge < -0.3 is 15.2 Å². The fraction of sp³-hybridized carbons (Fsp3) is 0.556. The van der Waals surface area contributed by atoms with Crippen LogP contribution in [0.15, 0.2) is 5.38 Å². The lowest BCUT2D eigenvalue weighted by atomic mass is 10.1. The third-order valence-corrected chi connectivity index (χ3v) is 3.05. The van der Waals surface area contributed by atoms with Crippen molar-refractivity contribution in [1.29, 1.82) is 0 Å². The molecule has 1 aromatic heterocycles. The zero-order valence-corrected chi connectivity index (χ0v) is 8.92. The van der Waals surface area contributed by atoms with Crippen LogP contribution in [0.4, 0.5) is 5.13 Å². The van der Waals surface area contributed by atoms with Gasteiger partial charge in [0.25, 0.3) is 0 Å². The fourth-order valence-electron chi connectivity index (χ4n) is 1.45. The number of hydrogen-bond acceptors (Lipinski definition) is 5. The molecule has 1 fully saturated rings. The van der Waals surface area contributed by atoms with E-state index in [1.165, 1.54) is 11.3 Å². The molecule has 6 heteroatoms. The zero-order chi connectivity index (χ0) is 10.7. The third kappa shape index (κ3) is 2.66. The third-order valence-electron chi connectivity index (χ3n) is 2.27. The van der Waals surface area contributed by atoms with Crippen LogP contribution in [0.25, 0.3) is 0 Å². The van der Waals surface area contributed by atoms with Crippen molar-refractivity contribution in [2.75, 3.05) is 18.5 Å². The second-order valence-corrected chi connectivity index (χ2v) is 4.23. The lowest BCUT2D eigenvalue weighted by molar-refractivity contribution is 0.0691. The van der Waals surface area contributed by atoms with Crippen LogP contribution in [0.5, 0.6) is 0 Å². The van der Waals surface area contributed by atoms with Gasteiger partial charge in [-0.3, -0.25) is 0 Å². The number of carbonyl (C=O) groups is 1. The summed E-state index contributed by atoms with van der Waals surface area (Å²) in [6.07, 6.45) is 1.89. The Morgan fingerprint density at radius 2 is 2.33 bits per heavy atom. The summed E-state index contributed by atoms with van der Waals surface area (Å²) in [5.74, 6) is -0.980. The lowest BCUT2D eigenvalue weighted by Gasteiger charge is -2.22. The Kier molecular flexibility index (Phi) is 3.17. The molecule has 0 saturated carbocycles. The van der Waals surface area contributed by atoms with Gasteiger partial charge in [0.05, 0.1) is 0 Å². The number of nitrogens with one attached hydrogen (secondary N) is 1. The Hall–Kier alpha value is -1.14. The van der Waals surface area contributed by atoms with E-state index in [2.05, 4.69) is 10.3 Å². The lowest BCUT2D eigenvalue weighted by Crippen LogP contribution is -2.27. The highest BCUT2D eigenvalue weighted by molar-refractivity contribution is 7.13. The maximum Gasteiger partial charge on any atom is 0.355 e. The van der Waals surface area contributed by atoms with Crippen LogP contribution >= 0.6 is 11.3 Å². The quantitative estimate of drug-likeness (QED) is 0.819. The first-order chi connectivity index (χ1) is 7.25. The number of thiazole rings is 1. The van der Waals surface area contributed by atoms with Crippen molar-refractivity contribution in [2.24, 2.45) is 0 Å². The molecule has 0 unspecified atom stereocenters. The van der Waals surface area contributed by atoms with E-state index in [9.17, 15) is 4.79 Å². The predicted molar refractivity (Wildman–Crippen MR) is 56.5 cm³/mol. The minimum absolute atomic E-state index is 0.106. The van der Waals surface area contributed by atoms with Crippen molar-refractivity contribution in [3.05, 3.63) is 11.1 Å². The van der Waals surface area contributed by atoms with E-state index >= 15 is 0 Å². The maximum absolute atomic E-state index is 10.6. The Balaban J connectivity index is 1.94. The molecule has 82 valence electrons. The van der Waals surface area contributed by atoms with Crippen molar-refractivity contribution in [1.82, 2.24) is 4.98 Å². The standard InChI is InChI=1S/C9H12N2O3S/c12-8(13)7-5-15-9(11-7)10-6-1-3-14-4-2-6/h5-6H,1-4H2,(H,10,11)(H,12,13). The molecule has 2 heterocycles. The number of aromatic carboxylic acids is 1. The molecule has 0 atom stereocenters. The van der Waals surface area contributed by atoms with E-state index in [4.69, 9.17) is 9.84 Å². The minimum Gasteiger partial charge on any atom is -0.476 e. The summed E-state index contributed by atoms with van der Waals surface area (Å²) in [4.78, 5) is 14.6. The average Bonchev–Trinajstić information content (AvgIpc) is 2.68. The zero-order valence-electron chi connectivity index (χ0n) is 8.10. The predicted octanol–water partition coefficient (Wildman–Crippen LogP) is 1.43. The average molecular weight is 228 g/mol. The van der Waals surface area contributed by atoms with Gasteiger partial charge in [0.15, 0.2) is 10.8 Å². The van der Waals surface area contributed by atoms with Gasteiger partial charge in [-0.2, -0.15) is 0 Å². The van der Waals surface area contributed by atoms with E-state index in [-0.39, 0.29) is 5.69 Å². The van der Waals surface area contributed by atoms with E-state index in [1.807, 2.05) is 0 Å². The van der Waals surface area contributed by atoms with Gasteiger partial charge in [0.2, 0.25) is 0 Å². The van der Waals surface area contributed by atoms with Crippen LogP contribution in [0.2, 0.25) is 0 Å². The van der Waals surface area contributed by atoms with Crippen molar-refractivity contribution in [3.63, 3.8) is 0 Å². The molecule has 0 bridgehead atoms. The second kappa shape index (κ2) is 4.59. The number of nitrogens with zero attached hydrogens (tertiary/aromatic N) is 1. The molecule has 1 saturated heterocycles. The number of rotatable bonds is 3. The SMILES string of the molecule is O=C(O)c1csc(NC2CCOCC2)n1. The number of carboxylic acid groups (broad SMARTS) is 1. The van der Waals surface area contributed by atoms with Crippen molar-refractivity contribution in [2.45, 2.75) is 18.9 Å². The monoisotopic (exact) mass is 228 g/mol. The van der Waals surface area contributed by atoms with Crippen molar-refractivity contribution < 1.29 is 14.6 Å². The Morgan fingerprint density at radius 3 is 2.93 bits per heavy atom. The molecular formula is C9H12N2O3S. The molecule has 15 heavy (non-hydrogen) atoms. The molecule has 2 N–H and O–H groups in total. The van der Waals surface area contributed by atoms with Crippen molar-refractivity contribution in [3.8, 4) is 0 Å². The molecule has 5 nitrogen and oxygen atoms in total. The van der Waals surface area contributed by atoms with Crippen LogP contribution in [0, 0.1) is 0 Å². The van der Waals surface area contributed by atoms with Gasteiger partial charge in [-0.05, 0) is 12.8 Å². The summed E-state index contributed by atoms with van der Waals surface area (Å²) in [6.45, 7) is 1.52. The maximum atomic E-state index is 10.6. The molecule has 0 radical (unpaired) electrons. The van der Waals surface area contributed by atoms with E-state index in [0.29, 0.717) is 11.2 Å². The van der Waals surface area contributed by atoms with Gasteiger partial charge >= 0.3 is 5.97 Å². The van der Waals surface area contributed by atoms with Gasteiger partial charge in [0, 0.05) is 24.6 Å². The highest BCUT2D eigenvalue weighted by Crippen LogP contribution is 2.19. The number of aromatic nitrogens is 1. The first-order valence-corrected chi connectivity index (χ1v) is 5.67. The molecule has 0 amide bonds. The van der Waals surface area contributed by atoms with Crippen LogP contribution in [-0.2, 0) is 4.74 Å². The van der Waals surface area contributed by atoms with E-state index in [1.54, 1.807) is 5.38 Å². The molecule has 0 aliphatic carbocycles. The highest BCUT2D eigenvalue weighted by atomic mass is 32.1. The van der Waals surface area contributed by atoms with E-state index < -0.39 is 5.97 Å². The number of anilines is 1. The molecule has 1 aliphatic rings. The second-order valence-electron chi connectivity index (χ2n) is 3.37. The Bertz CT molecular complexity index is 347. The number of carboxylic acids is 1. The molecule has 0 aromatic carbocycles. The largest absolute Gasteiger partial charge is 0.476 e. The van der Waals surface area contributed by atoms with Crippen LogP contribution in [0.1, 0.15) is 23.3 Å². The normalized spacial score (nSPS) is 17.6. The van der Waals surface area contributed by atoms with Crippen LogP contribution in [-0.4, -0.2) is 35.3 Å². The topological polar surface area (TPSA) is 71.5 Å². The molecule has 2 rings (SSSR count). The Labute approximate surface area is 91.1 Å². The minimum atomic E-state index is -0.980. The first kappa shape index (κ1) is 10.4. The molecule has 1 aromatic rings. The number of hydrogen-bond donors (Lipinski definition) is 2. The van der Waals surface area contributed by atoms with Gasteiger partial charge in [-0.25, -0.2) is 9.78 Å². The molecule has 0 spiro atoms. The first-order valence-electron chi connectivity index (χ1n) is 4.79. The van der Waals surface area contributed by atoms with Crippen LogP contribution < -0.4 is 5.32 Å². The summed E-state index contributed by atoms with van der Waals surface area (Å²) < 4.78 is 5.23. The van der Waals surface area contributed by atoms with Gasteiger partial charge in [0.1, 0.15) is 0 Å². The van der Waals surface area contributed by atoms with Crippen LogP contribution in [0.3, 0.4) is 0 Å². The highest BCUT2D eigenvalue weighted by Gasteiger charge is 2.15. The number of ether oxygens (including phenoxy) is 1.